The predicted octanol–water partition coefficient (Wildman–Crippen LogP) is 2.59. The van der Waals surface area contributed by atoms with Crippen LogP contribution in [0.2, 0.25) is 0 Å². The molecule has 1 fully saturated rings. The van der Waals surface area contributed by atoms with E-state index in [1.54, 1.807) is 7.11 Å². The molecule has 1 aromatic carbocycles. The monoisotopic (exact) mass is 290 g/mol. The summed E-state index contributed by atoms with van der Waals surface area (Å²) in [6, 6.07) is 7.99. The van der Waals surface area contributed by atoms with E-state index in [9.17, 15) is 4.79 Å². The highest BCUT2D eigenvalue weighted by atomic mass is 16.5. The molecular formula is C17H26N2O2. The molecule has 2 N–H and O–H groups in total. The minimum Gasteiger partial charge on any atom is -0.384 e. The third-order valence-corrected chi connectivity index (χ3v) is 4.30. The van der Waals surface area contributed by atoms with Gasteiger partial charge in [0.15, 0.2) is 0 Å². The van der Waals surface area contributed by atoms with Crippen LogP contribution in [0.3, 0.4) is 0 Å². The van der Waals surface area contributed by atoms with E-state index in [1.807, 2.05) is 24.3 Å². The van der Waals surface area contributed by atoms with Crippen molar-refractivity contribution in [2.45, 2.75) is 32.6 Å². The standard InChI is InChI=1S/C17H26N2O2/c1-3-9-17(10-11-18-13-17)16(20)19-15-7-5-4-6-14(15)8-12-21-2/h4-7,18H,3,8-13H2,1-2H3,(H,19,20). The number of anilines is 1. The predicted molar refractivity (Wildman–Crippen MR) is 85.5 cm³/mol. The van der Waals surface area contributed by atoms with Crippen LogP contribution >= 0.6 is 0 Å². The van der Waals surface area contributed by atoms with Crippen molar-refractivity contribution >= 4 is 11.6 Å². The fourth-order valence-corrected chi connectivity index (χ4v) is 3.07. The van der Waals surface area contributed by atoms with Gasteiger partial charge in [0, 0.05) is 19.3 Å². The summed E-state index contributed by atoms with van der Waals surface area (Å²) in [7, 11) is 1.70. The molecule has 0 saturated carbocycles. The minimum atomic E-state index is -0.247. The maximum Gasteiger partial charge on any atom is 0.231 e. The molecule has 1 heterocycles. The number of ether oxygens (including phenoxy) is 1. The van der Waals surface area contributed by atoms with E-state index in [1.165, 1.54) is 0 Å². The maximum absolute atomic E-state index is 12.8. The van der Waals surface area contributed by atoms with Crippen LogP contribution in [0.25, 0.3) is 0 Å². The van der Waals surface area contributed by atoms with Gasteiger partial charge in [-0.05, 0) is 37.4 Å². The average molecular weight is 290 g/mol. The van der Waals surface area contributed by atoms with Crippen LogP contribution in [-0.4, -0.2) is 32.7 Å². The summed E-state index contributed by atoms with van der Waals surface area (Å²) in [5.41, 5.74) is 1.80. The second kappa shape index (κ2) is 7.57. The van der Waals surface area contributed by atoms with E-state index in [0.29, 0.717) is 6.61 Å². The van der Waals surface area contributed by atoms with Crippen LogP contribution < -0.4 is 10.6 Å². The highest BCUT2D eigenvalue weighted by Crippen LogP contribution is 2.33. The molecule has 0 bridgehead atoms. The van der Waals surface area contributed by atoms with E-state index < -0.39 is 0 Å². The molecule has 2 rings (SSSR count). The number of nitrogens with one attached hydrogen (secondary N) is 2. The summed E-state index contributed by atoms with van der Waals surface area (Å²) in [4.78, 5) is 12.8. The smallest absolute Gasteiger partial charge is 0.231 e. The van der Waals surface area contributed by atoms with Crippen molar-refractivity contribution in [2.24, 2.45) is 5.41 Å². The zero-order valence-corrected chi connectivity index (χ0v) is 13.1. The Morgan fingerprint density at radius 3 is 2.90 bits per heavy atom. The number of para-hydroxylation sites is 1. The Hall–Kier alpha value is -1.39. The van der Waals surface area contributed by atoms with Gasteiger partial charge in [0.25, 0.3) is 0 Å². The van der Waals surface area contributed by atoms with Gasteiger partial charge in [0.1, 0.15) is 0 Å². The summed E-state index contributed by atoms with van der Waals surface area (Å²) >= 11 is 0. The maximum atomic E-state index is 12.8. The number of carbonyl (C=O) groups is 1. The van der Waals surface area contributed by atoms with Gasteiger partial charge in [0.2, 0.25) is 5.91 Å². The normalized spacial score (nSPS) is 21.4. The van der Waals surface area contributed by atoms with Gasteiger partial charge in [-0.25, -0.2) is 0 Å². The highest BCUT2D eigenvalue weighted by Gasteiger charge is 2.40. The van der Waals surface area contributed by atoms with Crippen molar-refractivity contribution in [3.05, 3.63) is 29.8 Å². The van der Waals surface area contributed by atoms with E-state index >= 15 is 0 Å². The Labute approximate surface area is 127 Å². The van der Waals surface area contributed by atoms with Gasteiger partial charge in [-0.2, -0.15) is 0 Å². The van der Waals surface area contributed by atoms with Gasteiger partial charge in [0.05, 0.1) is 12.0 Å². The summed E-state index contributed by atoms with van der Waals surface area (Å²) < 4.78 is 5.14. The molecule has 1 atom stereocenters. The first-order valence-corrected chi connectivity index (χ1v) is 7.81. The van der Waals surface area contributed by atoms with Gasteiger partial charge in [-0.3, -0.25) is 4.79 Å². The molecule has 21 heavy (non-hydrogen) atoms. The van der Waals surface area contributed by atoms with Gasteiger partial charge >= 0.3 is 0 Å². The Balaban J connectivity index is 2.11. The molecule has 1 unspecified atom stereocenters. The number of amides is 1. The molecule has 116 valence electrons. The molecule has 0 radical (unpaired) electrons. The lowest BCUT2D eigenvalue weighted by Gasteiger charge is -2.27. The van der Waals surface area contributed by atoms with Crippen molar-refractivity contribution in [3.8, 4) is 0 Å². The minimum absolute atomic E-state index is 0.152. The first-order chi connectivity index (χ1) is 10.2. The van der Waals surface area contributed by atoms with Crippen LogP contribution in [0.15, 0.2) is 24.3 Å². The Morgan fingerprint density at radius 1 is 1.43 bits per heavy atom. The summed E-state index contributed by atoms with van der Waals surface area (Å²) in [6.45, 7) is 4.51. The molecule has 1 aliphatic rings. The van der Waals surface area contributed by atoms with E-state index in [2.05, 4.69) is 17.6 Å². The molecule has 1 aromatic rings. The lowest BCUT2D eigenvalue weighted by atomic mass is 9.81. The van der Waals surface area contributed by atoms with E-state index in [-0.39, 0.29) is 11.3 Å². The largest absolute Gasteiger partial charge is 0.384 e. The average Bonchev–Trinajstić information content (AvgIpc) is 2.97. The second-order valence-electron chi connectivity index (χ2n) is 5.81. The van der Waals surface area contributed by atoms with Crippen molar-refractivity contribution in [3.63, 3.8) is 0 Å². The Kier molecular flexibility index (Phi) is 5.76. The molecule has 1 aliphatic heterocycles. The van der Waals surface area contributed by atoms with Crippen LogP contribution in [0, 0.1) is 5.41 Å². The SMILES string of the molecule is CCCC1(C(=O)Nc2ccccc2CCOC)CCNC1. The third-order valence-electron chi connectivity index (χ3n) is 4.30. The number of hydrogen-bond acceptors (Lipinski definition) is 3. The van der Waals surface area contributed by atoms with Gasteiger partial charge < -0.3 is 15.4 Å². The van der Waals surface area contributed by atoms with Crippen molar-refractivity contribution in [2.75, 3.05) is 32.1 Å². The summed E-state index contributed by atoms with van der Waals surface area (Å²) in [5, 5.41) is 6.49. The van der Waals surface area contributed by atoms with Crippen molar-refractivity contribution in [1.29, 1.82) is 0 Å². The number of carbonyl (C=O) groups excluding carboxylic acids is 1. The van der Waals surface area contributed by atoms with Crippen LogP contribution in [0.4, 0.5) is 5.69 Å². The molecular weight excluding hydrogens is 264 g/mol. The Bertz CT molecular complexity index is 468. The summed E-state index contributed by atoms with van der Waals surface area (Å²) in [5.74, 6) is 0.152. The van der Waals surface area contributed by atoms with E-state index in [0.717, 1.165) is 50.0 Å². The molecule has 0 aliphatic carbocycles. The third kappa shape index (κ3) is 3.83. The van der Waals surface area contributed by atoms with Gasteiger partial charge in [-0.1, -0.05) is 31.5 Å². The van der Waals surface area contributed by atoms with Gasteiger partial charge in [-0.15, -0.1) is 0 Å². The topological polar surface area (TPSA) is 50.4 Å². The lowest BCUT2D eigenvalue weighted by molar-refractivity contribution is -0.125. The summed E-state index contributed by atoms with van der Waals surface area (Å²) in [6.07, 6.45) is 3.70. The number of hydrogen-bond donors (Lipinski definition) is 2. The van der Waals surface area contributed by atoms with E-state index in [4.69, 9.17) is 4.74 Å². The fraction of sp³-hybridized carbons (Fsp3) is 0.588. The quantitative estimate of drug-likeness (QED) is 0.811. The van der Waals surface area contributed by atoms with Crippen LogP contribution in [0.1, 0.15) is 31.7 Å². The first kappa shape index (κ1) is 16.0. The zero-order chi connectivity index (χ0) is 15.1. The molecule has 4 heteroatoms. The molecule has 0 aromatic heterocycles. The van der Waals surface area contributed by atoms with Crippen molar-refractivity contribution < 1.29 is 9.53 Å². The Morgan fingerprint density at radius 2 is 2.24 bits per heavy atom. The molecule has 1 saturated heterocycles. The number of rotatable bonds is 7. The number of benzene rings is 1. The molecule has 4 nitrogen and oxygen atoms in total. The zero-order valence-electron chi connectivity index (χ0n) is 13.1. The number of methoxy groups -OCH3 is 1. The molecule has 1 amide bonds. The van der Waals surface area contributed by atoms with Crippen molar-refractivity contribution in [1.82, 2.24) is 5.32 Å². The second-order valence-corrected chi connectivity index (χ2v) is 5.81. The lowest BCUT2D eigenvalue weighted by Crippen LogP contribution is -2.38. The fourth-order valence-electron chi connectivity index (χ4n) is 3.07. The highest BCUT2D eigenvalue weighted by molar-refractivity contribution is 5.96. The van der Waals surface area contributed by atoms with Crippen LogP contribution in [-0.2, 0) is 16.0 Å². The first-order valence-electron chi connectivity index (χ1n) is 7.81. The van der Waals surface area contributed by atoms with Crippen LogP contribution in [0.5, 0.6) is 0 Å². The molecule has 0 spiro atoms.